The van der Waals surface area contributed by atoms with Gasteiger partial charge in [-0.25, -0.2) is 4.39 Å². The van der Waals surface area contributed by atoms with E-state index in [2.05, 4.69) is 27.0 Å². The lowest BCUT2D eigenvalue weighted by Gasteiger charge is -2.18. The normalized spacial score (nSPS) is 15.5. The summed E-state index contributed by atoms with van der Waals surface area (Å²) in [6, 6.07) is 13.2. The molecule has 1 fully saturated rings. The van der Waals surface area contributed by atoms with E-state index in [9.17, 15) is 4.79 Å². The van der Waals surface area contributed by atoms with Crippen LogP contribution in [0.5, 0.6) is 6.01 Å². The number of nitrogen functional groups attached to an aromatic ring is 1. The molecule has 2 aliphatic rings. The minimum atomic E-state index is -0.336. The van der Waals surface area contributed by atoms with Crippen molar-refractivity contribution in [1.29, 1.82) is 0 Å². The van der Waals surface area contributed by atoms with Crippen molar-refractivity contribution in [2.75, 3.05) is 44.0 Å². The predicted octanol–water partition coefficient (Wildman–Crippen LogP) is 3.58. The van der Waals surface area contributed by atoms with E-state index in [0.717, 1.165) is 25.2 Å². The first kappa shape index (κ1) is 24.1. The van der Waals surface area contributed by atoms with Crippen LogP contribution < -0.4 is 15.4 Å². The second-order valence-electron chi connectivity index (χ2n) is 9.19. The minimum Gasteiger partial charge on any atom is -0.461 e. The number of hydrogen-bond donors (Lipinski definition) is 1. The average molecular weight is 492 g/mol. The third kappa shape index (κ3) is 5.17. The van der Waals surface area contributed by atoms with Crippen LogP contribution in [0.2, 0.25) is 0 Å². The first-order chi connectivity index (χ1) is 17.5. The number of nitrogens with zero attached hydrogens (tertiary/aromatic N) is 4. The fourth-order valence-corrected chi connectivity index (χ4v) is 4.73. The number of rotatable bonds is 9. The van der Waals surface area contributed by atoms with Gasteiger partial charge in [0.2, 0.25) is 5.91 Å². The van der Waals surface area contributed by atoms with Crippen LogP contribution in [0.3, 0.4) is 0 Å². The second kappa shape index (κ2) is 10.6. The molecule has 1 aromatic heterocycles. The van der Waals surface area contributed by atoms with E-state index in [-0.39, 0.29) is 43.1 Å². The summed E-state index contributed by atoms with van der Waals surface area (Å²) in [4.78, 5) is 25.2. The van der Waals surface area contributed by atoms with Crippen molar-refractivity contribution >= 4 is 17.5 Å². The Hall–Kier alpha value is -3.56. The fourth-order valence-electron chi connectivity index (χ4n) is 4.73. The summed E-state index contributed by atoms with van der Waals surface area (Å²) in [5.74, 6) is 0.103. The monoisotopic (exact) mass is 491 g/mol. The summed E-state index contributed by atoms with van der Waals surface area (Å²) < 4.78 is 25.6. The van der Waals surface area contributed by atoms with Crippen molar-refractivity contribution in [2.24, 2.45) is 0 Å². The summed E-state index contributed by atoms with van der Waals surface area (Å²) in [5.41, 5.74) is 9.85. The molecule has 0 bridgehead atoms. The number of nitrogens with two attached hydrogens (primary N) is 1. The SMILES string of the molecule is COCCOc1nc(N)c2c(n1)N(Cc1ccc(-c3ccc(CN4CCCC4)cc3)c(F)c1)C(=O)C2. The van der Waals surface area contributed by atoms with Crippen LogP contribution >= 0.6 is 0 Å². The average Bonchev–Trinajstić information content (AvgIpc) is 3.49. The van der Waals surface area contributed by atoms with Gasteiger partial charge in [-0.1, -0.05) is 36.4 Å². The van der Waals surface area contributed by atoms with Gasteiger partial charge in [-0.15, -0.1) is 0 Å². The molecule has 0 aliphatic carbocycles. The van der Waals surface area contributed by atoms with Crippen molar-refractivity contribution in [3.8, 4) is 17.1 Å². The van der Waals surface area contributed by atoms with Crippen LogP contribution in [-0.4, -0.2) is 54.2 Å². The Morgan fingerprint density at radius 2 is 1.75 bits per heavy atom. The number of likely N-dealkylation sites (tertiary alicyclic amines) is 1. The highest BCUT2D eigenvalue weighted by Gasteiger charge is 2.32. The second-order valence-corrected chi connectivity index (χ2v) is 9.19. The number of carbonyl (C=O) groups is 1. The summed E-state index contributed by atoms with van der Waals surface area (Å²) in [6.45, 7) is 4.02. The maximum atomic E-state index is 15.1. The van der Waals surface area contributed by atoms with E-state index in [4.69, 9.17) is 15.2 Å². The molecule has 0 saturated carbocycles. The van der Waals surface area contributed by atoms with Crippen LogP contribution in [0.4, 0.5) is 16.0 Å². The maximum absolute atomic E-state index is 15.1. The van der Waals surface area contributed by atoms with E-state index in [1.54, 1.807) is 13.2 Å². The number of methoxy groups -OCH3 is 1. The van der Waals surface area contributed by atoms with E-state index in [0.29, 0.717) is 29.1 Å². The molecule has 2 N–H and O–H groups in total. The fraction of sp³-hybridized carbons (Fsp3) is 0.370. The summed E-state index contributed by atoms with van der Waals surface area (Å²) in [7, 11) is 1.57. The van der Waals surface area contributed by atoms with E-state index < -0.39 is 0 Å². The van der Waals surface area contributed by atoms with Crippen LogP contribution in [0, 0.1) is 5.82 Å². The van der Waals surface area contributed by atoms with Crippen molar-refractivity contribution < 1.29 is 18.7 Å². The Morgan fingerprint density at radius 3 is 2.47 bits per heavy atom. The zero-order valence-electron chi connectivity index (χ0n) is 20.4. The molecule has 8 nitrogen and oxygen atoms in total. The number of halogens is 1. The zero-order valence-corrected chi connectivity index (χ0v) is 20.4. The first-order valence-corrected chi connectivity index (χ1v) is 12.2. The molecule has 2 aliphatic heterocycles. The third-order valence-electron chi connectivity index (χ3n) is 6.64. The number of anilines is 2. The van der Waals surface area contributed by atoms with E-state index >= 15 is 4.39 Å². The Balaban J connectivity index is 1.31. The maximum Gasteiger partial charge on any atom is 0.320 e. The standard InChI is InChI=1S/C27H30FN5O3/c1-35-12-13-36-27-30-25(29)22-15-24(34)33(26(22)31-27)17-19-6-9-21(23(28)14-19)20-7-4-18(5-8-20)16-32-10-2-3-11-32/h4-9,14H,2-3,10-13,15-17H2,1H3,(H2,29,30,31). The highest BCUT2D eigenvalue weighted by atomic mass is 19.1. The molecule has 3 heterocycles. The van der Waals surface area contributed by atoms with Crippen LogP contribution in [0.1, 0.15) is 29.5 Å². The summed E-state index contributed by atoms with van der Waals surface area (Å²) in [5, 5.41) is 0. The largest absolute Gasteiger partial charge is 0.461 e. The molecule has 36 heavy (non-hydrogen) atoms. The highest BCUT2D eigenvalue weighted by Crippen LogP contribution is 2.34. The van der Waals surface area contributed by atoms with Crippen LogP contribution in [0.25, 0.3) is 11.1 Å². The van der Waals surface area contributed by atoms with Gasteiger partial charge in [0.05, 0.1) is 19.6 Å². The van der Waals surface area contributed by atoms with Crippen molar-refractivity contribution in [3.05, 3.63) is 65.0 Å². The van der Waals surface area contributed by atoms with Crippen LogP contribution in [-0.2, 0) is 29.0 Å². The molecular weight excluding hydrogens is 461 g/mol. The number of ether oxygens (including phenoxy) is 2. The van der Waals surface area contributed by atoms with Gasteiger partial charge >= 0.3 is 6.01 Å². The van der Waals surface area contributed by atoms with E-state index in [1.807, 2.05) is 18.2 Å². The molecule has 1 amide bonds. The Morgan fingerprint density at radius 1 is 1.00 bits per heavy atom. The minimum absolute atomic E-state index is 0.0812. The van der Waals surface area contributed by atoms with Gasteiger partial charge in [0.25, 0.3) is 0 Å². The molecule has 188 valence electrons. The van der Waals surface area contributed by atoms with Gasteiger partial charge in [0.15, 0.2) is 0 Å². The Labute approximate surface area is 209 Å². The lowest BCUT2D eigenvalue weighted by molar-refractivity contribution is -0.117. The van der Waals surface area contributed by atoms with Crippen LogP contribution in [0.15, 0.2) is 42.5 Å². The molecule has 0 spiro atoms. The van der Waals surface area contributed by atoms with Crippen molar-refractivity contribution in [1.82, 2.24) is 14.9 Å². The van der Waals surface area contributed by atoms with Crippen molar-refractivity contribution in [2.45, 2.75) is 32.4 Å². The smallest absolute Gasteiger partial charge is 0.320 e. The number of carbonyl (C=O) groups excluding carboxylic acids is 1. The van der Waals surface area contributed by atoms with Gasteiger partial charge in [-0.05, 0) is 48.7 Å². The zero-order chi connectivity index (χ0) is 25.1. The molecule has 5 rings (SSSR count). The molecule has 1 saturated heterocycles. The van der Waals surface area contributed by atoms with Gasteiger partial charge in [0, 0.05) is 24.8 Å². The van der Waals surface area contributed by atoms with Gasteiger partial charge in [0.1, 0.15) is 24.1 Å². The molecule has 3 aromatic rings. The van der Waals surface area contributed by atoms with Gasteiger partial charge in [-0.2, -0.15) is 9.97 Å². The summed E-state index contributed by atoms with van der Waals surface area (Å²) in [6.07, 6.45) is 2.62. The predicted molar refractivity (Wildman–Crippen MR) is 135 cm³/mol. The quantitative estimate of drug-likeness (QED) is 0.457. The van der Waals surface area contributed by atoms with Gasteiger partial charge in [-0.3, -0.25) is 14.6 Å². The topological polar surface area (TPSA) is 93.8 Å². The van der Waals surface area contributed by atoms with Gasteiger partial charge < -0.3 is 15.2 Å². The first-order valence-electron chi connectivity index (χ1n) is 12.2. The highest BCUT2D eigenvalue weighted by molar-refractivity contribution is 6.01. The lowest BCUT2D eigenvalue weighted by Crippen LogP contribution is -2.26. The molecule has 0 unspecified atom stereocenters. The van der Waals surface area contributed by atoms with E-state index in [1.165, 1.54) is 29.4 Å². The Kier molecular flexibility index (Phi) is 7.11. The molecule has 9 heteroatoms. The molecule has 2 aromatic carbocycles. The molecule has 0 radical (unpaired) electrons. The Bertz CT molecular complexity index is 1240. The van der Waals surface area contributed by atoms with Crippen molar-refractivity contribution in [3.63, 3.8) is 0 Å². The molecule has 0 atom stereocenters. The number of amides is 1. The number of hydrogen-bond acceptors (Lipinski definition) is 7. The number of benzene rings is 2. The number of fused-ring (bicyclic) bond motifs is 1. The molecular formula is C27H30FN5O3. The third-order valence-corrected chi connectivity index (χ3v) is 6.64. The lowest BCUT2D eigenvalue weighted by atomic mass is 10.0. The summed E-state index contributed by atoms with van der Waals surface area (Å²) >= 11 is 0. The number of aromatic nitrogens is 2.